The third-order valence-electron chi connectivity index (χ3n) is 1.93. The van der Waals surface area contributed by atoms with Crippen molar-refractivity contribution in [3.63, 3.8) is 0 Å². The van der Waals surface area contributed by atoms with E-state index in [4.69, 9.17) is 10.2 Å². The molecule has 0 aliphatic heterocycles. The van der Waals surface area contributed by atoms with E-state index in [1.165, 1.54) is 5.56 Å². The normalized spacial score (nSPS) is 15.0. The van der Waals surface area contributed by atoms with Gasteiger partial charge in [0.05, 0.1) is 6.54 Å². The van der Waals surface area contributed by atoms with Crippen LogP contribution in [0, 0.1) is 0 Å². The molecule has 2 nitrogen and oxygen atoms in total. The van der Waals surface area contributed by atoms with Gasteiger partial charge in [-0.05, 0) is 12.5 Å². The second-order valence-electron chi connectivity index (χ2n) is 2.74. The zero-order valence-corrected chi connectivity index (χ0v) is 6.34. The van der Waals surface area contributed by atoms with Crippen molar-refractivity contribution in [1.82, 2.24) is 0 Å². The van der Waals surface area contributed by atoms with E-state index in [1.54, 1.807) is 0 Å². The number of furan rings is 1. The van der Waals surface area contributed by atoms with Crippen molar-refractivity contribution < 1.29 is 4.42 Å². The lowest BCUT2D eigenvalue weighted by Crippen LogP contribution is -1.92. The molecular formula is C9H11NO. The molecule has 0 amide bonds. The van der Waals surface area contributed by atoms with Crippen molar-refractivity contribution in [2.75, 3.05) is 0 Å². The molecule has 0 radical (unpaired) electrons. The third kappa shape index (κ3) is 1.10. The first-order chi connectivity index (χ1) is 5.40. The summed E-state index contributed by atoms with van der Waals surface area (Å²) in [5, 5.41) is 0. The average Bonchev–Trinajstić information content (AvgIpc) is 2.46. The summed E-state index contributed by atoms with van der Waals surface area (Å²) in [4.78, 5) is 0. The molecule has 11 heavy (non-hydrogen) atoms. The Morgan fingerprint density at radius 3 is 3.18 bits per heavy atom. The van der Waals surface area contributed by atoms with Crippen LogP contribution in [0.4, 0.5) is 0 Å². The smallest absolute Gasteiger partial charge is 0.118 e. The quantitative estimate of drug-likeness (QED) is 0.660. The fourth-order valence-corrected chi connectivity index (χ4v) is 1.36. The first-order valence-electron chi connectivity index (χ1n) is 3.88. The van der Waals surface area contributed by atoms with Crippen LogP contribution in [0.3, 0.4) is 0 Å². The fraction of sp³-hybridized carbons (Fsp3) is 0.333. The summed E-state index contributed by atoms with van der Waals surface area (Å²) in [6.45, 7) is 0.501. The van der Waals surface area contributed by atoms with Gasteiger partial charge in [0.15, 0.2) is 0 Å². The highest BCUT2D eigenvalue weighted by Crippen LogP contribution is 2.22. The van der Waals surface area contributed by atoms with Crippen LogP contribution in [-0.2, 0) is 13.0 Å². The molecule has 1 heterocycles. The van der Waals surface area contributed by atoms with Crippen LogP contribution in [0.25, 0.3) is 6.08 Å². The number of rotatable bonds is 1. The first kappa shape index (κ1) is 6.68. The van der Waals surface area contributed by atoms with E-state index in [9.17, 15) is 0 Å². The van der Waals surface area contributed by atoms with Crippen molar-refractivity contribution >= 4 is 6.08 Å². The van der Waals surface area contributed by atoms with Gasteiger partial charge in [0, 0.05) is 12.0 Å². The van der Waals surface area contributed by atoms with Gasteiger partial charge in [-0.1, -0.05) is 12.2 Å². The number of hydrogen-bond donors (Lipinski definition) is 1. The molecule has 2 N–H and O–H groups in total. The molecule has 2 heteroatoms. The highest BCUT2D eigenvalue weighted by atomic mass is 16.3. The van der Waals surface area contributed by atoms with E-state index in [1.807, 2.05) is 6.07 Å². The van der Waals surface area contributed by atoms with Crippen LogP contribution < -0.4 is 5.73 Å². The molecular weight excluding hydrogens is 138 g/mol. The van der Waals surface area contributed by atoms with E-state index in [0.717, 1.165) is 24.4 Å². The van der Waals surface area contributed by atoms with E-state index in [-0.39, 0.29) is 0 Å². The average molecular weight is 149 g/mol. The van der Waals surface area contributed by atoms with Gasteiger partial charge in [-0.3, -0.25) is 0 Å². The minimum Gasteiger partial charge on any atom is -0.464 e. The Morgan fingerprint density at radius 1 is 1.55 bits per heavy atom. The zero-order valence-electron chi connectivity index (χ0n) is 6.34. The molecule has 0 spiro atoms. The summed E-state index contributed by atoms with van der Waals surface area (Å²) < 4.78 is 5.48. The Hall–Kier alpha value is -1.02. The van der Waals surface area contributed by atoms with Crippen LogP contribution >= 0.6 is 0 Å². The molecule has 0 fully saturated rings. The third-order valence-corrected chi connectivity index (χ3v) is 1.93. The van der Waals surface area contributed by atoms with Gasteiger partial charge in [-0.15, -0.1) is 0 Å². The van der Waals surface area contributed by atoms with Crippen LogP contribution in [0.5, 0.6) is 0 Å². The van der Waals surface area contributed by atoms with Crippen molar-refractivity contribution in [3.8, 4) is 0 Å². The van der Waals surface area contributed by atoms with Crippen molar-refractivity contribution in [2.45, 2.75) is 19.4 Å². The van der Waals surface area contributed by atoms with E-state index < -0.39 is 0 Å². The summed E-state index contributed by atoms with van der Waals surface area (Å²) in [6.07, 6.45) is 6.37. The molecule has 2 rings (SSSR count). The topological polar surface area (TPSA) is 39.2 Å². The summed E-state index contributed by atoms with van der Waals surface area (Å²) >= 11 is 0. The monoisotopic (exact) mass is 149 g/mol. The highest BCUT2D eigenvalue weighted by molar-refractivity contribution is 5.54. The Kier molecular flexibility index (Phi) is 1.55. The van der Waals surface area contributed by atoms with Gasteiger partial charge in [0.2, 0.25) is 0 Å². The Balaban J connectivity index is 2.42. The minimum atomic E-state index is 0.501. The molecule has 1 aromatic rings. The molecule has 0 unspecified atom stereocenters. The summed E-state index contributed by atoms with van der Waals surface area (Å²) in [7, 11) is 0. The maximum absolute atomic E-state index is 5.48. The van der Waals surface area contributed by atoms with Gasteiger partial charge >= 0.3 is 0 Å². The van der Waals surface area contributed by atoms with E-state index in [0.29, 0.717) is 6.54 Å². The molecule has 0 bridgehead atoms. The minimum absolute atomic E-state index is 0.501. The summed E-state index contributed by atoms with van der Waals surface area (Å²) in [6, 6.07) is 2.02. The lowest BCUT2D eigenvalue weighted by molar-refractivity contribution is 0.465. The van der Waals surface area contributed by atoms with E-state index >= 15 is 0 Å². The second kappa shape index (κ2) is 2.55. The molecule has 58 valence electrons. The predicted octanol–water partition coefficient (Wildman–Crippen LogP) is 1.70. The summed E-state index contributed by atoms with van der Waals surface area (Å²) in [5.41, 5.74) is 6.65. The van der Waals surface area contributed by atoms with Crippen LogP contribution in [0.1, 0.15) is 23.5 Å². The van der Waals surface area contributed by atoms with Gasteiger partial charge < -0.3 is 10.2 Å². The first-order valence-corrected chi connectivity index (χ1v) is 3.88. The fourth-order valence-electron chi connectivity index (χ4n) is 1.36. The van der Waals surface area contributed by atoms with Gasteiger partial charge in [0.1, 0.15) is 11.5 Å². The Bertz CT molecular complexity index is 286. The molecule has 1 aromatic heterocycles. The highest BCUT2D eigenvalue weighted by Gasteiger charge is 2.09. The second-order valence-corrected chi connectivity index (χ2v) is 2.74. The van der Waals surface area contributed by atoms with Crippen molar-refractivity contribution in [1.29, 1.82) is 0 Å². The molecule has 0 aromatic carbocycles. The molecule has 0 saturated heterocycles. The Labute approximate surface area is 65.7 Å². The molecule has 0 saturated carbocycles. The van der Waals surface area contributed by atoms with E-state index in [2.05, 4.69) is 12.2 Å². The predicted molar refractivity (Wildman–Crippen MR) is 44.0 cm³/mol. The van der Waals surface area contributed by atoms with Crippen LogP contribution in [0.2, 0.25) is 0 Å². The van der Waals surface area contributed by atoms with Crippen LogP contribution in [0.15, 0.2) is 16.6 Å². The maximum Gasteiger partial charge on any atom is 0.118 e. The molecule has 1 aliphatic rings. The van der Waals surface area contributed by atoms with Gasteiger partial charge in [0.25, 0.3) is 0 Å². The van der Waals surface area contributed by atoms with Crippen LogP contribution in [-0.4, -0.2) is 0 Å². The molecule has 0 atom stereocenters. The standard InChI is InChI=1S/C9H11NO/c10-6-8-5-7-3-1-2-4-9(7)11-8/h1,3,5H,2,4,6,10H2. The number of nitrogens with two attached hydrogens (primary N) is 1. The number of hydrogen-bond acceptors (Lipinski definition) is 2. The maximum atomic E-state index is 5.48. The number of aryl methyl sites for hydroxylation is 1. The molecule has 1 aliphatic carbocycles. The number of fused-ring (bicyclic) bond motifs is 1. The zero-order chi connectivity index (χ0) is 7.68. The van der Waals surface area contributed by atoms with Gasteiger partial charge in [-0.2, -0.15) is 0 Å². The SMILES string of the molecule is NCc1cc2c(o1)CCC=C2. The lowest BCUT2D eigenvalue weighted by Gasteiger charge is -2.00. The van der Waals surface area contributed by atoms with Gasteiger partial charge in [-0.25, -0.2) is 0 Å². The van der Waals surface area contributed by atoms with Crippen molar-refractivity contribution in [2.24, 2.45) is 5.73 Å². The number of allylic oxidation sites excluding steroid dienone is 1. The lowest BCUT2D eigenvalue weighted by atomic mass is 10.1. The Morgan fingerprint density at radius 2 is 2.45 bits per heavy atom. The largest absolute Gasteiger partial charge is 0.464 e. The summed E-state index contributed by atoms with van der Waals surface area (Å²) in [5.74, 6) is 1.98. The van der Waals surface area contributed by atoms with Crippen molar-refractivity contribution in [3.05, 3.63) is 29.2 Å².